The van der Waals surface area contributed by atoms with Gasteiger partial charge in [-0.3, -0.25) is 0 Å². The summed E-state index contributed by atoms with van der Waals surface area (Å²) in [5, 5.41) is 9.12. The normalized spacial score (nSPS) is 24.6. The lowest BCUT2D eigenvalue weighted by atomic mass is 10.3. The predicted octanol–water partition coefficient (Wildman–Crippen LogP) is 1.58. The van der Waals surface area contributed by atoms with Gasteiger partial charge in [-0.1, -0.05) is 15.9 Å². The van der Waals surface area contributed by atoms with Gasteiger partial charge in [0.1, 0.15) is 5.76 Å². The highest BCUT2D eigenvalue weighted by Crippen LogP contribution is 2.22. The Kier molecular flexibility index (Phi) is 2.57. The summed E-state index contributed by atoms with van der Waals surface area (Å²) in [4.78, 5) is 1.78. The third-order valence-corrected chi connectivity index (χ3v) is 2.07. The molecule has 0 amide bonds. The van der Waals surface area contributed by atoms with Crippen LogP contribution in [-0.4, -0.2) is 30.4 Å². The molecule has 3 nitrogen and oxygen atoms in total. The Morgan fingerprint density at radius 3 is 2.82 bits per heavy atom. The van der Waals surface area contributed by atoms with Crippen LogP contribution >= 0.6 is 15.9 Å². The van der Waals surface area contributed by atoms with Crippen molar-refractivity contribution < 1.29 is 9.84 Å². The molecule has 1 heterocycles. The van der Waals surface area contributed by atoms with E-state index in [9.17, 15) is 0 Å². The van der Waals surface area contributed by atoms with Crippen LogP contribution in [-0.2, 0) is 4.74 Å². The van der Waals surface area contributed by atoms with Gasteiger partial charge in [-0.2, -0.15) is 0 Å². The summed E-state index contributed by atoms with van der Waals surface area (Å²) in [5.41, 5.74) is 0. The van der Waals surface area contributed by atoms with Crippen LogP contribution in [0, 0.1) is 0 Å². The fourth-order valence-corrected chi connectivity index (χ4v) is 1.74. The molecule has 0 aliphatic carbocycles. The summed E-state index contributed by atoms with van der Waals surface area (Å²) in [6.45, 7) is 0. The molecule has 1 unspecified atom stereocenters. The van der Waals surface area contributed by atoms with E-state index < -0.39 is 0 Å². The molecule has 0 saturated heterocycles. The van der Waals surface area contributed by atoms with Crippen LogP contribution in [0.25, 0.3) is 0 Å². The summed E-state index contributed by atoms with van der Waals surface area (Å²) in [6.07, 6.45) is 3.11. The smallest absolute Gasteiger partial charge is 0.162 e. The standard InChI is InChI=1S/C7H10BrNO2/c1-9-4-5(10)3-6(8)7(9)11-2/h3-4,7,10H,1-2H3. The molecule has 0 radical (unpaired) electrons. The molecular weight excluding hydrogens is 210 g/mol. The molecule has 0 aromatic rings. The average Bonchev–Trinajstić information content (AvgIpc) is 1.85. The molecule has 1 N–H and O–H groups in total. The first-order chi connectivity index (χ1) is 5.15. The van der Waals surface area contributed by atoms with Crippen LogP contribution in [0.3, 0.4) is 0 Å². The molecule has 4 heteroatoms. The monoisotopic (exact) mass is 219 g/mol. The first-order valence-corrected chi connectivity index (χ1v) is 3.97. The van der Waals surface area contributed by atoms with E-state index in [1.54, 1.807) is 24.3 Å². The van der Waals surface area contributed by atoms with Gasteiger partial charge in [-0.15, -0.1) is 0 Å². The topological polar surface area (TPSA) is 32.7 Å². The fraction of sp³-hybridized carbons (Fsp3) is 0.429. The number of hydrogen-bond donors (Lipinski definition) is 1. The number of ether oxygens (including phenoxy) is 1. The van der Waals surface area contributed by atoms with Gasteiger partial charge in [-0.05, 0) is 6.08 Å². The van der Waals surface area contributed by atoms with Crippen molar-refractivity contribution in [3.63, 3.8) is 0 Å². The van der Waals surface area contributed by atoms with Crippen molar-refractivity contribution in [2.24, 2.45) is 0 Å². The molecule has 1 rings (SSSR count). The van der Waals surface area contributed by atoms with Crippen LogP contribution in [0.1, 0.15) is 0 Å². The lowest BCUT2D eigenvalue weighted by Gasteiger charge is -2.27. The van der Waals surface area contributed by atoms with E-state index in [1.165, 1.54) is 0 Å². The van der Waals surface area contributed by atoms with E-state index in [0.717, 1.165) is 4.48 Å². The summed E-state index contributed by atoms with van der Waals surface area (Å²) >= 11 is 3.29. The van der Waals surface area contributed by atoms with Gasteiger partial charge in [0.15, 0.2) is 6.23 Å². The first-order valence-electron chi connectivity index (χ1n) is 3.17. The Morgan fingerprint density at radius 1 is 1.73 bits per heavy atom. The zero-order chi connectivity index (χ0) is 8.43. The zero-order valence-electron chi connectivity index (χ0n) is 6.41. The molecular formula is C7H10BrNO2. The third kappa shape index (κ3) is 1.75. The highest BCUT2D eigenvalue weighted by molar-refractivity contribution is 9.11. The summed E-state index contributed by atoms with van der Waals surface area (Å²) in [6, 6.07) is 0. The van der Waals surface area contributed by atoms with Gasteiger partial charge >= 0.3 is 0 Å². The van der Waals surface area contributed by atoms with Crippen molar-refractivity contribution in [3.8, 4) is 0 Å². The van der Waals surface area contributed by atoms with Crippen molar-refractivity contribution in [1.82, 2.24) is 4.90 Å². The zero-order valence-corrected chi connectivity index (χ0v) is 8.00. The van der Waals surface area contributed by atoms with Crippen molar-refractivity contribution in [3.05, 3.63) is 22.5 Å². The van der Waals surface area contributed by atoms with E-state index in [4.69, 9.17) is 9.84 Å². The van der Waals surface area contributed by atoms with Crippen molar-refractivity contribution in [2.45, 2.75) is 6.23 Å². The number of hydrogen-bond acceptors (Lipinski definition) is 3. The van der Waals surface area contributed by atoms with E-state index in [2.05, 4.69) is 15.9 Å². The second-order valence-corrected chi connectivity index (χ2v) is 3.25. The Bertz CT molecular complexity index is 212. The number of rotatable bonds is 1. The lowest BCUT2D eigenvalue weighted by molar-refractivity contribution is 0.0392. The Labute approximate surface area is 74.1 Å². The second-order valence-electron chi connectivity index (χ2n) is 2.34. The highest BCUT2D eigenvalue weighted by atomic mass is 79.9. The van der Waals surface area contributed by atoms with E-state index >= 15 is 0 Å². The maximum atomic E-state index is 9.12. The van der Waals surface area contributed by atoms with E-state index in [-0.39, 0.29) is 12.0 Å². The lowest BCUT2D eigenvalue weighted by Crippen LogP contribution is -2.31. The molecule has 0 spiro atoms. The summed E-state index contributed by atoms with van der Waals surface area (Å²) < 4.78 is 5.94. The van der Waals surface area contributed by atoms with Gasteiger partial charge in [0, 0.05) is 24.8 Å². The molecule has 0 fully saturated rings. The minimum Gasteiger partial charge on any atom is -0.506 e. The minimum atomic E-state index is -0.120. The minimum absolute atomic E-state index is 0.120. The predicted molar refractivity (Wildman–Crippen MR) is 46.3 cm³/mol. The van der Waals surface area contributed by atoms with E-state index in [0.29, 0.717) is 0 Å². The SMILES string of the molecule is COC1C(Br)=CC(O)=CN1C. The third-order valence-electron chi connectivity index (χ3n) is 1.45. The van der Waals surface area contributed by atoms with Crippen molar-refractivity contribution in [2.75, 3.05) is 14.2 Å². The molecule has 0 bridgehead atoms. The summed E-state index contributed by atoms with van der Waals surface area (Å²) in [5.74, 6) is 0.229. The Balaban J connectivity index is 2.82. The molecule has 1 aliphatic heterocycles. The second kappa shape index (κ2) is 3.28. The van der Waals surface area contributed by atoms with Crippen LogP contribution in [0.5, 0.6) is 0 Å². The largest absolute Gasteiger partial charge is 0.506 e. The molecule has 0 aromatic heterocycles. The van der Waals surface area contributed by atoms with E-state index in [1.807, 2.05) is 7.05 Å². The van der Waals surface area contributed by atoms with Crippen molar-refractivity contribution >= 4 is 15.9 Å². The average molecular weight is 220 g/mol. The number of likely N-dealkylation sites (N-methyl/N-ethyl adjacent to an activating group) is 1. The number of nitrogens with zero attached hydrogens (tertiary/aromatic N) is 1. The fourth-order valence-electron chi connectivity index (χ4n) is 1.000. The molecule has 1 aliphatic rings. The van der Waals surface area contributed by atoms with Crippen LogP contribution < -0.4 is 0 Å². The molecule has 1 atom stereocenters. The van der Waals surface area contributed by atoms with Gasteiger partial charge < -0.3 is 14.7 Å². The Hall–Kier alpha value is -0.480. The van der Waals surface area contributed by atoms with Crippen LogP contribution in [0.2, 0.25) is 0 Å². The molecule has 0 aromatic carbocycles. The highest BCUT2D eigenvalue weighted by Gasteiger charge is 2.18. The first kappa shape index (κ1) is 8.62. The van der Waals surface area contributed by atoms with Crippen molar-refractivity contribution in [1.29, 1.82) is 0 Å². The maximum absolute atomic E-state index is 9.12. The quantitative estimate of drug-likeness (QED) is 0.728. The number of halogens is 1. The van der Waals surface area contributed by atoms with Gasteiger partial charge in [0.2, 0.25) is 0 Å². The number of methoxy groups -OCH3 is 1. The van der Waals surface area contributed by atoms with Gasteiger partial charge in [-0.25, -0.2) is 0 Å². The summed E-state index contributed by atoms with van der Waals surface area (Å²) in [7, 11) is 3.45. The van der Waals surface area contributed by atoms with Gasteiger partial charge in [0.25, 0.3) is 0 Å². The molecule has 62 valence electrons. The number of allylic oxidation sites excluding steroid dienone is 1. The van der Waals surface area contributed by atoms with Crippen LogP contribution in [0.15, 0.2) is 22.5 Å². The molecule has 11 heavy (non-hydrogen) atoms. The van der Waals surface area contributed by atoms with Gasteiger partial charge in [0.05, 0.1) is 0 Å². The number of aliphatic hydroxyl groups excluding tert-OH is 1. The van der Waals surface area contributed by atoms with Crippen LogP contribution in [0.4, 0.5) is 0 Å². The molecule has 0 saturated carbocycles. The maximum Gasteiger partial charge on any atom is 0.162 e. The number of aliphatic hydroxyl groups is 1. The Morgan fingerprint density at radius 2 is 2.36 bits per heavy atom.